The fourth-order valence-electron chi connectivity index (χ4n) is 2.12. The summed E-state index contributed by atoms with van der Waals surface area (Å²) in [5.74, 6) is -0.224. The Morgan fingerprint density at radius 1 is 1.57 bits per heavy atom. The molecule has 1 aliphatic rings. The van der Waals surface area contributed by atoms with Gasteiger partial charge < -0.3 is 14.8 Å². The fourth-order valence-corrected chi connectivity index (χ4v) is 2.12. The highest BCUT2D eigenvalue weighted by molar-refractivity contribution is 5.77. The van der Waals surface area contributed by atoms with Gasteiger partial charge in [0.1, 0.15) is 0 Å². The van der Waals surface area contributed by atoms with Gasteiger partial charge in [-0.15, -0.1) is 0 Å². The Hall–Kier alpha value is -2.15. The molecule has 7 heteroatoms. The number of aryl methyl sites for hydroxylation is 1. The second kappa shape index (κ2) is 7.03. The van der Waals surface area contributed by atoms with Gasteiger partial charge in [0.25, 0.3) is 5.91 Å². The quantitative estimate of drug-likeness (QED) is 0.635. The summed E-state index contributed by atoms with van der Waals surface area (Å²) in [5, 5.41) is 13.6. The molecule has 1 aromatic carbocycles. The summed E-state index contributed by atoms with van der Waals surface area (Å²) in [4.78, 5) is 22.1. The van der Waals surface area contributed by atoms with Crippen LogP contribution in [0.4, 0.5) is 5.69 Å². The predicted molar refractivity (Wildman–Crippen MR) is 75.3 cm³/mol. The van der Waals surface area contributed by atoms with E-state index in [1.807, 2.05) is 0 Å². The number of nitro benzene ring substituents is 1. The minimum Gasteiger partial charge on any atom is -0.477 e. The van der Waals surface area contributed by atoms with Crippen LogP contribution in [-0.4, -0.2) is 36.7 Å². The summed E-state index contributed by atoms with van der Waals surface area (Å²) in [6.45, 7) is 2.67. The van der Waals surface area contributed by atoms with Gasteiger partial charge in [0.15, 0.2) is 12.4 Å². The van der Waals surface area contributed by atoms with Crippen molar-refractivity contribution in [1.82, 2.24) is 5.32 Å². The van der Waals surface area contributed by atoms with Crippen molar-refractivity contribution in [3.63, 3.8) is 0 Å². The van der Waals surface area contributed by atoms with E-state index in [4.69, 9.17) is 9.47 Å². The van der Waals surface area contributed by atoms with Gasteiger partial charge >= 0.3 is 5.69 Å². The zero-order valence-electron chi connectivity index (χ0n) is 11.8. The third-order valence-corrected chi connectivity index (χ3v) is 3.22. The molecule has 2 rings (SSSR count). The van der Waals surface area contributed by atoms with E-state index in [0.717, 1.165) is 25.0 Å². The summed E-state index contributed by atoms with van der Waals surface area (Å²) < 4.78 is 10.6. The van der Waals surface area contributed by atoms with Gasteiger partial charge in [0, 0.05) is 19.2 Å². The first kappa shape index (κ1) is 15.2. The third-order valence-electron chi connectivity index (χ3n) is 3.22. The molecule has 7 nitrogen and oxygen atoms in total. The van der Waals surface area contributed by atoms with Crippen LogP contribution < -0.4 is 10.1 Å². The Labute approximate surface area is 122 Å². The topological polar surface area (TPSA) is 90.7 Å². The standard InChI is InChI=1S/C14H18N2O5/c1-10-4-5-13(12(7-10)16(18)19)21-9-14(17)15-8-11-3-2-6-20-11/h4-5,7,11H,2-3,6,8-9H2,1H3,(H,15,17)/t11-/m1/s1. The van der Waals surface area contributed by atoms with E-state index in [1.165, 1.54) is 12.1 Å². The fraction of sp³-hybridized carbons (Fsp3) is 0.500. The molecule has 0 aromatic heterocycles. The predicted octanol–water partition coefficient (Wildman–Crippen LogP) is 1.58. The first-order valence-corrected chi connectivity index (χ1v) is 6.82. The molecule has 0 unspecified atom stereocenters. The molecule has 1 aliphatic heterocycles. The Bertz CT molecular complexity index is 526. The lowest BCUT2D eigenvalue weighted by Gasteiger charge is -2.11. The van der Waals surface area contributed by atoms with E-state index in [9.17, 15) is 14.9 Å². The van der Waals surface area contributed by atoms with Crippen LogP contribution in [0.2, 0.25) is 0 Å². The van der Waals surface area contributed by atoms with Gasteiger partial charge in [0.05, 0.1) is 11.0 Å². The van der Waals surface area contributed by atoms with E-state index in [-0.39, 0.29) is 30.1 Å². The molecule has 1 atom stereocenters. The van der Waals surface area contributed by atoms with Crippen molar-refractivity contribution in [3.05, 3.63) is 33.9 Å². The number of benzene rings is 1. The smallest absolute Gasteiger partial charge is 0.311 e. The highest BCUT2D eigenvalue weighted by atomic mass is 16.6. The number of nitrogens with zero attached hydrogens (tertiary/aromatic N) is 1. The number of hydrogen-bond donors (Lipinski definition) is 1. The molecule has 21 heavy (non-hydrogen) atoms. The monoisotopic (exact) mass is 294 g/mol. The SMILES string of the molecule is Cc1ccc(OCC(=O)NC[C@H]2CCCO2)c([N+](=O)[O-])c1. The number of amides is 1. The van der Waals surface area contributed by atoms with Crippen molar-refractivity contribution in [2.75, 3.05) is 19.8 Å². The molecule has 114 valence electrons. The maximum Gasteiger partial charge on any atom is 0.311 e. The Morgan fingerprint density at radius 3 is 3.05 bits per heavy atom. The molecule has 1 saturated heterocycles. The van der Waals surface area contributed by atoms with E-state index < -0.39 is 4.92 Å². The Balaban J connectivity index is 1.84. The van der Waals surface area contributed by atoms with Gasteiger partial charge in [-0.05, 0) is 31.4 Å². The summed E-state index contributed by atoms with van der Waals surface area (Å²) in [6.07, 6.45) is 2.00. The third kappa shape index (κ3) is 4.42. The number of carbonyl (C=O) groups excluding carboxylic acids is 1. The lowest BCUT2D eigenvalue weighted by Crippen LogP contribution is -2.35. The largest absolute Gasteiger partial charge is 0.477 e. The summed E-state index contributed by atoms with van der Waals surface area (Å²) in [7, 11) is 0. The molecule has 1 aromatic rings. The van der Waals surface area contributed by atoms with E-state index in [1.54, 1.807) is 13.0 Å². The molecule has 0 saturated carbocycles. The first-order valence-electron chi connectivity index (χ1n) is 6.82. The van der Waals surface area contributed by atoms with Crippen LogP contribution >= 0.6 is 0 Å². The van der Waals surface area contributed by atoms with Crippen LogP contribution in [0.1, 0.15) is 18.4 Å². The van der Waals surface area contributed by atoms with Crippen LogP contribution in [0, 0.1) is 17.0 Å². The molecular weight excluding hydrogens is 276 g/mol. The zero-order chi connectivity index (χ0) is 15.2. The van der Waals surface area contributed by atoms with Gasteiger partial charge in [-0.25, -0.2) is 0 Å². The molecule has 1 fully saturated rings. The van der Waals surface area contributed by atoms with Gasteiger partial charge in [-0.3, -0.25) is 14.9 Å². The molecule has 0 aliphatic carbocycles. The molecule has 1 amide bonds. The van der Waals surface area contributed by atoms with Crippen LogP contribution in [0.15, 0.2) is 18.2 Å². The number of nitrogens with one attached hydrogen (secondary N) is 1. The Kier molecular flexibility index (Phi) is 5.10. The average molecular weight is 294 g/mol. The highest BCUT2D eigenvalue weighted by Crippen LogP contribution is 2.27. The van der Waals surface area contributed by atoms with Crippen molar-refractivity contribution >= 4 is 11.6 Å². The minimum atomic E-state index is -0.521. The molecule has 1 heterocycles. The highest BCUT2D eigenvalue weighted by Gasteiger charge is 2.18. The molecule has 0 spiro atoms. The Morgan fingerprint density at radius 2 is 2.38 bits per heavy atom. The van der Waals surface area contributed by atoms with Gasteiger partial charge in [-0.1, -0.05) is 6.07 Å². The maximum atomic E-state index is 11.7. The van der Waals surface area contributed by atoms with Crippen molar-refractivity contribution in [2.45, 2.75) is 25.9 Å². The van der Waals surface area contributed by atoms with Crippen molar-refractivity contribution in [1.29, 1.82) is 0 Å². The number of rotatable bonds is 6. The van der Waals surface area contributed by atoms with Crippen molar-refractivity contribution in [3.8, 4) is 5.75 Å². The normalized spacial score (nSPS) is 17.5. The lowest BCUT2D eigenvalue weighted by atomic mass is 10.2. The number of hydrogen-bond acceptors (Lipinski definition) is 5. The zero-order valence-corrected chi connectivity index (χ0v) is 11.8. The summed E-state index contributed by atoms with van der Waals surface area (Å²) >= 11 is 0. The molecule has 1 N–H and O–H groups in total. The minimum absolute atomic E-state index is 0.0580. The molecule has 0 radical (unpaired) electrons. The second-order valence-electron chi connectivity index (χ2n) is 4.96. The maximum absolute atomic E-state index is 11.7. The van der Waals surface area contributed by atoms with E-state index in [0.29, 0.717) is 6.54 Å². The molecule has 0 bridgehead atoms. The van der Waals surface area contributed by atoms with Crippen LogP contribution in [0.3, 0.4) is 0 Å². The second-order valence-corrected chi connectivity index (χ2v) is 4.96. The van der Waals surface area contributed by atoms with E-state index in [2.05, 4.69) is 5.32 Å². The van der Waals surface area contributed by atoms with E-state index >= 15 is 0 Å². The van der Waals surface area contributed by atoms with Crippen molar-refractivity contribution in [2.24, 2.45) is 0 Å². The summed E-state index contributed by atoms with van der Waals surface area (Å²) in [5.41, 5.74) is 0.624. The van der Waals surface area contributed by atoms with Gasteiger partial charge in [0.2, 0.25) is 0 Å². The number of nitro groups is 1. The van der Waals surface area contributed by atoms with Crippen LogP contribution in [-0.2, 0) is 9.53 Å². The van der Waals surface area contributed by atoms with Crippen LogP contribution in [0.5, 0.6) is 5.75 Å². The van der Waals surface area contributed by atoms with Crippen LogP contribution in [0.25, 0.3) is 0 Å². The lowest BCUT2D eigenvalue weighted by molar-refractivity contribution is -0.385. The molecular formula is C14H18N2O5. The van der Waals surface area contributed by atoms with Crippen molar-refractivity contribution < 1.29 is 19.2 Å². The summed E-state index contributed by atoms with van der Waals surface area (Å²) in [6, 6.07) is 4.62. The first-order chi connectivity index (χ1) is 10.1. The number of ether oxygens (including phenoxy) is 2. The average Bonchev–Trinajstić information content (AvgIpc) is 2.97. The number of carbonyl (C=O) groups is 1. The van der Waals surface area contributed by atoms with Gasteiger partial charge in [-0.2, -0.15) is 0 Å².